The fraction of sp³-hybridized carbons (Fsp3) is 0.125. The highest BCUT2D eigenvalue weighted by molar-refractivity contribution is 5.91. The van der Waals surface area contributed by atoms with Crippen LogP contribution in [-0.2, 0) is 19.1 Å². The molecule has 0 aliphatic rings. The molecule has 0 spiro atoms. The second-order valence-corrected chi connectivity index (χ2v) is 2.21. The molecule has 0 fully saturated rings. The van der Waals surface area contributed by atoms with E-state index in [9.17, 15) is 14.4 Å². The largest absolute Gasteiger partial charge is 0.478 e. The number of aliphatic carboxylic acids is 2. The van der Waals surface area contributed by atoms with Gasteiger partial charge in [-0.05, 0) is 6.92 Å². The summed E-state index contributed by atoms with van der Waals surface area (Å²) < 4.78 is 4.28. The second kappa shape index (κ2) is 5.52. The predicted molar refractivity (Wildman–Crippen MR) is 44.3 cm³/mol. The zero-order chi connectivity index (χ0) is 11.1. The minimum absolute atomic E-state index is 0.165. The molecule has 0 aromatic rings. The van der Waals surface area contributed by atoms with Gasteiger partial charge < -0.3 is 14.9 Å². The number of carbonyl (C=O) groups excluding carboxylic acids is 1. The van der Waals surface area contributed by atoms with Crippen molar-refractivity contribution in [2.24, 2.45) is 0 Å². The maximum absolute atomic E-state index is 10.7. The number of carboxylic acid groups (broad SMARTS) is 2. The van der Waals surface area contributed by atoms with E-state index in [2.05, 4.69) is 4.74 Å². The van der Waals surface area contributed by atoms with Gasteiger partial charge in [0.25, 0.3) is 0 Å². The summed E-state index contributed by atoms with van der Waals surface area (Å²) in [5.74, 6) is -3.46. The van der Waals surface area contributed by atoms with Gasteiger partial charge in [-0.2, -0.15) is 0 Å². The molecule has 0 aromatic carbocycles. The van der Waals surface area contributed by atoms with Gasteiger partial charge in [-0.1, -0.05) is 0 Å². The third-order valence-electron chi connectivity index (χ3n) is 1.05. The molecule has 0 unspecified atom stereocenters. The quantitative estimate of drug-likeness (QED) is 0.380. The number of ether oxygens (including phenoxy) is 1. The molecular weight excluding hydrogens is 192 g/mol. The Bertz CT molecular complexity index is 312. The van der Waals surface area contributed by atoms with Gasteiger partial charge in [0.1, 0.15) is 6.26 Å². The summed E-state index contributed by atoms with van der Waals surface area (Å²) in [7, 11) is 0. The number of hydrogen-bond donors (Lipinski definition) is 2. The second-order valence-electron chi connectivity index (χ2n) is 2.21. The number of rotatable bonds is 4. The van der Waals surface area contributed by atoms with Gasteiger partial charge >= 0.3 is 17.9 Å². The number of hydrogen-bond acceptors (Lipinski definition) is 4. The average Bonchev–Trinajstić information content (AvgIpc) is 2.10. The predicted octanol–water partition coefficient (Wildman–Crippen LogP) is 0.159. The van der Waals surface area contributed by atoms with Crippen molar-refractivity contribution in [1.82, 2.24) is 0 Å². The monoisotopic (exact) mass is 200 g/mol. The summed E-state index contributed by atoms with van der Waals surface area (Å²) in [6.07, 6.45) is 2.00. The lowest BCUT2D eigenvalue weighted by atomic mass is 10.3. The van der Waals surface area contributed by atoms with E-state index in [0.717, 1.165) is 6.26 Å². The Kier molecular flexibility index (Phi) is 4.69. The molecule has 0 saturated heterocycles. The van der Waals surface area contributed by atoms with Crippen LogP contribution in [0.15, 0.2) is 24.0 Å². The van der Waals surface area contributed by atoms with Crippen LogP contribution in [0, 0.1) is 0 Å². The summed E-state index contributed by atoms with van der Waals surface area (Å²) in [5, 5.41) is 16.5. The first kappa shape index (κ1) is 11.9. The molecular formula is C8H8O6. The van der Waals surface area contributed by atoms with Crippen molar-refractivity contribution in [3.63, 3.8) is 0 Å². The minimum atomic E-state index is -1.29. The van der Waals surface area contributed by atoms with Crippen molar-refractivity contribution in [3.8, 4) is 0 Å². The molecule has 0 amide bonds. The van der Waals surface area contributed by atoms with Crippen LogP contribution in [0.3, 0.4) is 0 Å². The lowest BCUT2D eigenvalue weighted by molar-refractivity contribution is -0.135. The molecule has 0 aliphatic heterocycles. The lowest BCUT2D eigenvalue weighted by Crippen LogP contribution is -2.01. The number of carbonyl (C=O) groups is 3. The first-order chi connectivity index (χ1) is 6.43. The first-order valence-corrected chi connectivity index (χ1v) is 3.45. The fourth-order valence-corrected chi connectivity index (χ4v) is 0.375. The van der Waals surface area contributed by atoms with E-state index in [4.69, 9.17) is 10.2 Å². The Morgan fingerprint density at radius 1 is 1.14 bits per heavy atom. The molecule has 2 N–H and O–H groups in total. The highest BCUT2D eigenvalue weighted by atomic mass is 16.5. The van der Waals surface area contributed by atoms with Crippen LogP contribution in [0.1, 0.15) is 6.92 Å². The Labute approximate surface area is 79.1 Å². The van der Waals surface area contributed by atoms with Crippen molar-refractivity contribution in [3.05, 3.63) is 24.0 Å². The van der Waals surface area contributed by atoms with Crippen molar-refractivity contribution < 1.29 is 29.3 Å². The highest BCUT2D eigenvalue weighted by Crippen LogP contribution is 1.93. The highest BCUT2D eigenvalue weighted by Gasteiger charge is 2.01. The van der Waals surface area contributed by atoms with Crippen molar-refractivity contribution in [2.45, 2.75) is 6.92 Å². The average molecular weight is 200 g/mol. The van der Waals surface area contributed by atoms with Crippen LogP contribution in [0.5, 0.6) is 0 Å². The van der Waals surface area contributed by atoms with Crippen LogP contribution in [0.4, 0.5) is 0 Å². The molecule has 0 aliphatic carbocycles. The van der Waals surface area contributed by atoms with Crippen LogP contribution < -0.4 is 0 Å². The lowest BCUT2D eigenvalue weighted by Gasteiger charge is -1.93. The molecule has 0 saturated carbocycles. The van der Waals surface area contributed by atoms with Crippen LogP contribution >= 0.6 is 0 Å². The summed E-state index contributed by atoms with van der Waals surface area (Å²) >= 11 is 0. The summed E-state index contributed by atoms with van der Waals surface area (Å²) in [4.78, 5) is 30.8. The van der Waals surface area contributed by atoms with E-state index < -0.39 is 17.9 Å². The van der Waals surface area contributed by atoms with Crippen LogP contribution in [0.2, 0.25) is 0 Å². The van der Waals surface area contributed by atoms with Gasteiger partial charge in [0.2, 0.25) is 0 Å². The van der Waals surface area contributed by atoms with Crippen molar-refractivity contribution in [1.29, 1.82) is 0 Å². The molecule has 0 rings (SSSR count). The van der Waals surface area contributed by atoms with E-state index in [1.54, 1.807) is 0 Å². The van der Waals surface area contributed by atoms with E-state index in [1.165, 1.54) is 6.92 Å². The van der Waals surface area contributed by atoms with Crippen molar-refractivity contribution in [2.75, 3.05) is 0 Å². The third kappa shape index (κ3) is 5.53. The summed E-state index contributed by atoms with van der Waals surface area (Å²) in [6.45, 7) is 1.23. The van der Waals surface area contributed by atoms with Gasteiger partial charge in [-0.25, -0.2) is 14.4 Å². The summed E-state index contributed by atoms with van der Waals surface area (Å²) in [5.41, 5.74) is -0.165. The smallest absolute Gasteiger partial charge is 0.335 e. The van der Waals surface area contributed by atoms with Crippen LogP contribution in [0.25, 0.3) is 0 Å². The number of esters is 1. The Hall–Kier alpha value is -2.11. The molecule has 76 valence electrons. The first-order valence-electron chi connectivity index (χ1n) is 3.45. The van der Waals surface area contributed by atoms with Gasteiger partial charge in [0.15, 0.2) is 0 Å². The zero-order valence-electron chi connectivity index (χ0n) is 7.26. The van der Waals surface area contributed by atoms with E-state index in [0.29, 0.717) is 12.2 Å². The Morgan fingerprint density at radius 3 is 2.14 bits per heavy atom. The van der Waals surface area contributed by atoms with Gasteiger partial charge in [0, 0.05) is 12.2 Å². The molecule has 0 heterocycles. The molecule has 6 heteroatoms. The standard InChI is InChI=1S/C8H8O6/c1-5(8(12)13)4-14-7(11)3-2-6(9)10/h2-4H,1H3,(H,9,10)(H,12,13). The molecule has 0 atom stereocenters. The molecule has 0 aromatic heterocycles. The maximum atomic E-state index is 10.7. The molecule has 6 nitrogen and oxygen atoms in total. The normalized spacial score (nSPS) is 11.4. The topological polar surface area (TPSA) is 101 Å². The van der Waals surface area contributed by atoms with Gasteiger partial charge in [0.05, 0.1) is 5.57 Å². The molecule has 14 heavy (non-hydrogen) atoms. The molecule has 0 bridgehead atoms. The molecule has 0 radical (unpaired) electrons. The number of carboxylic acids is 2. The van der Waals surface area contributed by atoms with Crippen molar-refractivity contribution >= 4 is 17.9 Å². The maximum Gasteiger partial charge on any atom is 0.335 e. The Morgan fingerprint density at radius 2 is 1.71 bits per heavy atom. The third-order valence-corrected chi connectivity index (χ3v) is 1.05. The summed E-state index contributed by atoms with van der Waals surface area (Å²) in [6, 6.07) is 0. The van der Waals surface area contributed by atoms with Crippen LogP contribution in [-0.4, -0.2) is 28.1 Å². The van der Waals surface area contributed by atoms with E-state index >= 15 is 0 Å². The Balaban J connectivity index is 4.16. The zero-order valence-corrected chi connectivity index (χ0v) is 7.26. The van der Waals surface area contributed by atoms with E-state index in [-0.39, 0.29) is 5.57 Å². The van der Waals surface area contributed by atoms with Gasteiger partial charge in [-0.3, -0.25) is 0 Å². The fourth-order valence-electron chi connectivity index (χ4n) is 0.375. The van der Waals surface area contributed by atoms with Gasteiger partial charge in [-0.15, -0.1) is 0 Å². The van der Waals surface area contributed by atoms with E-state index in [1.807, 2.05) is 0 Å². The SMILES string of the molecule is CC(=COC(=O)C=CC(=O)O)C(=O)O. The minimum Gasteiger partial charge on any atom is -0.478 e.